The first-order valence-electron chi connectivity index (χ1n) is 7.73. The number of rotatable bonds is 6. The smallest absolute Gasteiger partial charge is 0.305 e. The number of aliphatic carboxylic acids is 1. The molecule has 0 aromatic rings. The van der Waals surface area contributed by atoms with Gasteiger partial charge < -0.3 is 14.7 Å². The highest BCUT2D eigenvalue weighted by molar-refractivity contribution is 5.78. The third-order valence-electron chi connectivity index (χ3n) is 4.42. The van der Waals surface area contributed by atoms with Gasteiger partial charge in [-0.3, -0.25) is 9.59 Å². The molecule has 2 fully saturated rings. The van der Waals surface area contributed by atoms with Crippen LogP contribution >= 0.6 is 0 Å². The van der Waals surface area contributed by atoms with Crippen molar-refractivity contribution in [3.8, 4) is 0 Å². The van der Waals surface area contributed by atoms with E-state index < -0.39 is 5.97 Å². The lowest BCUT2D eigenvalue weighted by atomic mass is 9.79. The van der Waals surface area contributed by atoms with Crippen molar-refractivity contribution in [1.29, 1.82) is 0 Å². The minimum Gasteiger partial charge on any atom is -0.481 e. The molecule has 1 saturated heterocycles. The van der Waals surface area contributed by atoms with Crippen LogP contribution in [0.1, 0.15) is 51.9 Å². The number of likely N-dealkylation sites (tertiary alicyclic amines) is 1. The second kappa shape index (κ2) is 7.07. The summed E-state index contributed by atoms with van der Waals surface area (Å²) in [4.78, 5) is 25.0. The lowest BCUT2D eigenvalue weighted by molar-refractivity contribution is -0.143. The Balaban J connectivity index is 1.79. The molecule has 1 atom stereocenters. The molecule has 0 spiro atoms. The Hall–Kier alpha value is -1.10. The number of carboxylic acids is 1. The fraction of sp³-hybridized carbons (Fsp3) is 0.867. The Morgan fingerprint density at radius 2 is 2.00 bits per heavy atom. The molecule has 0 radical (unpaired) electrons. The molecule has 1 unspecified atom stereocenters. The molecule has 5 nitrogen and oxygen atoms in total. The molecule has 0 aromatic heterocycles. The first-order chi connectivity index (χ1) is 9.60. The summed E-state index contributed by atoms with van der Waals surface area (Å²) in [5.74, 6) is -0.253. The van der Waals surface area contributed by atoms with Crippen LogP contribution in [0.25, 0.3) is 0 Å². The zero-order valence-corrected chi connectivity index (χ0v) is 12.2. The highest BCUT2D eigenvalue weighted by Gasteiger charge is 2.34. The summed E-state index contributed by atoms with van der Waals surface area (Å²) < 4.78 is 5.51. The SMILES string of the molecule is CCOC1CC(CC(=O)N2CCCCC2CC(=O)O)C1. The number of carboxylic acid groups (broad SMARTS) is 1. The molecule has 1 saturated carbocycles. The Bertz CT molecular complexity index is 352. The summed E-state index contributed by atoms with van der Waals surface area (Å²) in [6.45, 7) is 3.44. The quantitative estimate of drug-likeness (QED) is 0.810. The van der Waals surface area contributed by atoms with Crippen molar-refractivity contribution >= 4 is 11.9 Å². The van der Waals surface area contributed by atoms with E-state index in [0.717, 1.165) is 45.3 Å². The van der Waals surface area contributed by atoms with E-state index in [1.807, 2.05) is 11.8 Å². The molecular weight excluding hydrogens is 258 g/mol. The van der Waals surface area contributed by atoms with E-state index >= 15 is 0 Å². The molecule has 2 rings (SSSR count). The molecular formula is C15H25NO4. The summed E-state index contributed by atoms with van der Waals surface area (Å²) in [6.07, 6.45) is 5.75. The Morgan fingerprint density at radius 3 is 2.65 bits per heavy atom. The number of carbonyl (C=O) groups is 2. The first kappa shape index (κ1) is 15.3. The van der Waals surface area contributed by atoms with Crippen molar-refractivity contribution < 1.29 is 19.4 Å². The molecule has 0 bridgehead atoms. The summed E-state index contributed by atoms with van der Waals surface area (Å²) in [7, 11) is 0. The third kappa shape index (κ3) is 3.95. The van der Waals surface area contributed by atoms with Gasteiger partial charge in [0.05, 0.1) is 12.5 Å². The van der Waals surface area contributed by atoms with Crippen LogP contribution < -0.4 is 0 Å². The second-order valence-corrected chi connectivity index (χ2v) is 5.95. The predicted octanol–water partition coefficient (Wildman–Crippen LogP) is 2.05. The van der Waals surface area contributed by atoms with Crippen LogP contribution in [0.15, 0.2) is 0 Å². The van der Waals surface area contributed by atoms with Crippen molar-refractivity contribution in [2.45, 2.75) is 64.0 Å². The number of carbonyl (C=O) groups excluding carboxylic acids is 1. The molecule has 1 amide bonds. The normalized spacial score (nSPS) is 29.9. The van der Waals surface area contributed by atoms with Gasteiger partial charge in [0.2, 0.25) is 5.91 Å². The molecule has 20 heavy (non-hydrogen) atoms. The molecule has 1 aliphatic heterocycles. The minimum absolute atomic E-state index is 0.0813. The number of nitrogens with zero attached hydrogens (tertiary/aromatic N) is 1. The van der Waals surface area contributed by atoms with E-state index in [1.54, 1.807) is 0 Å². The summed E-state index contributed by atoms with van der Waals surface area (Å²) in [5, 5.41) is 8.94. The van der Waals surface area contributed by atoms with Gasteiger partial charge in [-0.1, -0.05) is 0 Å². The highest BCUT2D eigenvalue weighted by atomic mass is 16.5. The van der Waals surface area contributed by atoms with Crippen LogP contribution in [-0.2, 0) is 14.3 Å². The molecule has 1 N–H and O–H groups in total. The molecule has 0 aromatic carbocycles. The third-order valence-corrected chi connectivity index (χ3v) is 4.42. The standard InChI is InChI=1S/C15H25NO4/c1-2-20-13-7-11(8-13)9-14(17)16-6-4-3-5-12(16)10-15(18)19/h11-13H,2-10H2,1H3,(H,18,19). The Kier molecular flexibility index (Phi) is 5.40. The van der Waals surface area contributed by atoms with Gasteiger partial charge in [0.1, 0.15) is 0 Å². The zero-order chi connectivity index (χ0) is 14.5. The maximum atomic E-state index is 12.3. The summed E-state index contributed by atoms with van der Waals surface area (Å²) in [6, 6.07) is -0.100. The fourth-order valence-electron chi connectivity index (χ4n) is 3.32. The largest absolute Gasteiger partial charge is 0.481 e. The lowest BCUT2D eigenvalue weighted by Crippen LogP contribution is -2.46. The van der Waals surface area contributed by atoms with Crippen LogP contribution in [0.2, 0.25) is 0 Å². The number of hydrogen-bond acceptors (Lipinski definition) is 3. The van der Waals surface area contributed by atoms with Crippen LogP contribution in [0.4, 0.5) is 0 Å². The minimum atomic E-state index is -0.810. The monoisotopic (exact) mass is 283 g/mol. The second-order valence-electron chi connectivity index (χ2n) is 5.95. The molecule has 5 heteroatoms. The lowest BCUT2D eigenvalue weighted by Gasteiger charge is -2.39. The van der Waals surface area contributed by atoms with Gasteiger partial charge >= 0.3 is 5.97 Å². The number of ether oxygens (including phenoxy) is 1. The Morgan fingerprint density at radius 1 is 1.25 bits per heavy atom. The van der Waals surface area contributed by atoms with E-state index in [-0.39, 0.29) is 18.4 Å². The van der Waals surface area contributed by atoms with Crippen LogP contribution in [0.3, 0.4) is 0 Å². The van der Waals surface area contributed by atoms with Gasteiger partial charge in [-0.15, -0.1) is 0 Å². The summed E-state index contributed by atoms with van der Waals surface area (Å²) >= 11 is 0. The van der Waals surface area contributed by atoms with Crippen molar-refractivity contribution in [3.05, 3.63) is 0 Å². The van der Waals surface area contributed by atoms with E-state index in [1.165, 1.54) is 0 Å². The average molecular weight is 283 g/mol. The maximum Gasteiger partial charge on any atom is 0.305 e. The van der Waals surface area contributed by atoms with E-state index in [2.05, 4.69) is 0 Å². The van der Waals surface area contributed by atoms with Crippen molar-refractivity contribution in [3.63, 3.8) is 0 Å². The van der Waals surface area contributed by atoms with Gasteiger partial charge in [-0.2, -0.15) is 0 Å². The first-order valence-corrected chi connectivity index (χ1v) is 7.73. The average Bonchev–Trinajstić information content (AvgIpc) is 2.36. The van der Waals surface area contributed by atoms with Gasteiger partial charge in [-0.05, 0) is 44.9 Å². The van der Waals surface area contributed by atoms with E-state index in [4.69, 9.17) is 9.84 Å². The maximum absolute atomic E-state index is 12.3. The Labute approximate surface area is 120 Å². The molecule has 1 heterocycles. The van der Waals surface area contributed by atoms with E-state index in [0.29, 0.717) is 18.4 Å². The predicted molar refractivity (Wildman–Crippen MR) is 74.4 cm³/mol. The van der Waals surface area contributed by atoms with Crippen LogP contribution in [0, 0.1) is 5.92 Å². The van der Waals surface area contributed by atoms with Crippen LogP contribution in [-0.4, -0.2) is 47.2 Å². The van der Waals surface area contributed by atoms with Crippen molar-refractivity contribution in [1.82, 2.24) is 4.90 Å². The fourth-order valence-corrected chi connectivity index (χ4v) is 3.32. The van der Waals surface area contributed by atoms with Gasteiger partial charge in [-0.25, -0.2) is 0 Å². The molecule has 1 aliphatic carbocycles. The number of hydrogen-bond donors (Lipinski definition) is 1. The molecule has 114 valence electrons. The summed E-state index contributed by atoms with van der Waals surface area (Å²) in [5.41, 5.74) is 0. The number of amides is 1. The molecule has 2 aliphatic rings. The zero-order valence-electron chi connectivity index (χ0n) is 12.2. The topological polar surface area (TPSA) is 66.8 Å². The number of piperidine rings is 1. The van der Waals surface area contributed by atoms with Crippen molar-refractivity contribution in [2.24, 2.45) is 5.92 Å². The van der Waals surface area contributed by atoms with E-state index in [9.17, 15) is 9.59 Å². The van der Waals surface area contributed by atoms with Gasteiger partial charge in [0.15, 0.2) is 0 Å². The van der Waals surface area contributed by atoms with Crippen LogP contribution in [0.5, 0.6) is 0 Å². The highest BCUT2D eigenvalue weighted by Crippen LogP contribution is 2.34. The van der Waals surface area contributed by atoms with Gasteiger partial charge in [0.25, 0.3) is 0 Å². The van der Waals surface area contributed by atoms with Crippen molar-refractivity contribution in [2.75, 3.05) is 13.2 Å². The van der Waals surface area contributed by atoms with Gasteiger partial charge in [0, 0.05) is 25.6 Å².